The lowest BCUT2D eigenvalue weighted by Crippen LogP contribution is -1.97. The first-order chi connectivity index (χ1) is 8.81. The van der Waals surface area contributed by atoms with Crippen molar-refractivity contribution in [1.82, 2.24) is 0 Å². The molecule has 1 heteroatoms. The standard InChI is InChI=1S/C17H36O/c1-3-4-5-6-7-8-9-10-11-12-13-14-17(2)15-16-18/h17-18H,3-16H2,1-2H3/t17-/m1/s1. The van der Waals surface area contributed by atoms with E-state index in [1.54, 1.807) is 0 Å². The van der Waals surface area contributed by atoms with E-state index in [0.717, 1.165) is 6.42 Å². The van der Waals surface area contributed by atoms with Crippen LogP contribution in [0.15, 0.2) is 0 Å². The predicted octanol–water partition coefficient (Wildman–Crippen LogP) is 5.71. The summed E-state index contributed by atoms with van der Waals surface area (Å²) in [5, 5.41) is 8.81. The largest absolute Gasteiger partial charge is 0.396 e. The van der Waals surface area contributed by atoms with Gasteiger partial charge in [-0.25, -0.2) is 0 Å². The molecule has 0 bridgehead atoms. The molecule has 1 atom stereocenters. The molecular formula is C17H36O. The van der Waals surface area contributed by atoms with E-state index in [0.29, 0.717) is 12.5 Å². The van der Waals surface area contributed by atoms with Crippen LogP contribution >= 0.6 is 0 Å². The molecule has 0 aliphatic carbocycles. The molecule has 0 aromatic rings. The zero-order valence-electron chi connectivity index (χ0n) is 12.9. The van der Waals surface area contributed by atoms with Crippen LogP contribution in [-0.4, -0.2) is 11.7 Å². The molecule has 0 aliphatic rings. The Morgan fingerprint density at radius 1 is 0.667 bits per heavy atom. The number of aliphatic hydroxyl groups is 1. The van der Waals surface area contributed by atoms with Crippen molar-refractivity contribution >= 4 is 0 Å². The van der Waals surface area contributed by atoms with Crippen LogP contribution in [0.1, 0.15) is 97.3 Å². The summed E-state index contributed by atoms with van der Waals surface area (Å²) >= 11 is 0. The van der Waals surface area contributed by atoms with Crippen molar-refractivity contribution in [2.24, 2.45) is 5.92 Å². The molecule has 18 heavy (non-hydrogen) atoms. The van der Waals surface area contributed by atoms with Crippen molar-refractivity contribution in [3.05, 3.63) is 0 Å². The highest BCUT2D eigenvalue weighted by atomic mass is 16.3. The number of rotatable bonds is 14. The second-order valence-corrected chi connectivity index (χ2v) is 5.94. The molecule has 1 nitrogen and oxygen atoms in total. The Balaban J connectivity index is 2.98. The predicted molar refractivity (Wildman–Crippen MR) is 81.9 cm³/mol. The van der Waals surface area contributed by atoms with Crippen LogP contribution in [0.3, 0.4) is 0 Å². The van der Waals surface area contributed by atoms with Gasteiger partial charge in [-0.3, -0.25) is 0 Å². The van der Waals surface area contributed by atoms with E-state index in [2.05, 4.69) is 13.8 Å². The zero-order valence-corrected chi connectivity index (χ0v) is 12.9. The monoisotopic (exact) mass is 256 g/mol. The minimum atomic E-state index is 0.360. The Morgan fingerprint density at radius 3 is 1.56 bits per heavy atom. The van der Waals surface area contributed by atoms with Gasteiger partial charge < -0.3 is 5.11 Å². The van der Waals surface area contributed by atoms with Gasteiger partial charge in [-0.1, -0.05) is 90.9 Å². The molecule has 0 radical (unpaired) electrons. The summed E-state index contributed by atoms with van der Waals surface area (Å²) in [6, 6.07) is 0. The maximum absolute atomic E-state index is 8.81. The van der Waals surface area contributed by atoms with Crippen molar-refractivity contribution in [3.8, 4) is 0 Å². The minimum absolute atomic E-state index is 0.360. The maximum Gasteiger partial charge on any atom is 0.0433 e. The molecule has 0 unspecified atom stereocenters. The summed E-state index contributed by atoms with van der Waals surface area (Å²) in [6.07, 6.45) is 17.9. The molecule has 0 aromatic heterocycles. The van der Waals surface area contributed by atoms with E-state index in [1.165, 1.54) is 77.0 Å². The van der Waals surface area contributed by atoms with E-state index in [-0.39, 0.29) is 0 Å². The summed E-state index contributed by atoms with van der Waals surface area (Å²) in [7, 11) is 0. The second kappa shape index (κ2) is 15.0. The molecule has 0 aromatic carbocycles. The van der Waals surface area contributed by atoms with Crippen molar-refractivity contribution < 1.29 is 5.11 Å². The fourth-order valence-corrected chi connectivity index (χ4v) is 2.52. The van der Waals surface area contributed by atoms with E-state index < -0.39 is 0 Å². The summed E-state index contributed by atoms with van der Waals surface area (Å²) in [5.41, 5.74) is 0. The number of hydrogen-bond donors (Lipinski definition) is 1. The Kier molecular flexibility index (Phi) is 15.0. The van der Waals surface area contributed by atoms with Gasteiger partial charge in [0.15, 0.2) is 0 Å². The van der Waals surface area contributed by atoms with E-state index in [1.807, 2.05) is 0 Å². The lowest BCUT2D eigenvalue weighted by atomic mass is 9.99. The second-order valence-electron chi connectivity index (χ2n) is 5.94. The number of unbranched alkanes of at least 4 members (excludes halogenated alkanes) is 10. The molecule has 110 valence electrons. The van der Waals surface area contributed by atoms with Gasteiger partial charge in [0.2, 0.25) is 0 Å². The minimum Gasteiger partial charge on any atom is -0.396 e. The number of aliphatic hydroxyl groups excluding tert-OH is 1. The molecule has 0 heterocycles. The molecule has 0 saturated carbocycles. The van der Waals surface area contributed by atoms with Crippen molar-refractivity contribution in [2.75, 3.05) is 6.61 Å². The highest BCUT2D eigenvalue weighted by Gasteiger charge is 2.00. The van der Waals surface area contributed by atoms with Gasteiger partial charge in [-0.15, -0.1) is 0 Å². The first kappa shape index (κ1) is 18.0. The Bertz CT molecular complexity index is 145. The average Bonchev–Trinajstić information content (AvgIpc) is 2.36. The van der Waals surface area contributed by atoms with Gasteiger partial charge in [-0.05, 0) is 12.3 Å². The fourth-order valence-electron chi connectivity index (χ4n) is 2.52. The van der Waals surface area contributed by atoms with Crippen molar-refractivity contribution in [3.63, 3.8) is 0 Å². The van der Waals surface area contributed by atoms with E-state index in [9.17, 15) is 0 Å². The summed E-state index contributed by atoms with van der Waals surface area (Å²) in [5.74, 6) is 0.716. The zero-order chi connectivity index (χ0) is 13.5. The molecule has 0 spiro atoms. The third-order valence-corrected chi connectivity index (χ3v) is 3.92. The lowest BCUT2D eigenvalue weighted by Gasteiger charge is -2.08. The Hall–Kier alpha value is -0.0400. The molecule has 0 saturated heterocycles. The van der Waals surface area contributed by atoms with Gasteiger partial charge in [0, 0.05) is 6.61 Å². The molecule has 0 aliphatic heterocycles. The first-order valence-corrected chi connectivity index (χ1v) is 8.42. The van der Waals surface area contributed by atoms with Gasteiger partial charge in [-0.2, -0.15) is 0 Å². The number of hydrogen-bond acceptors (Lipinski definition) is 1. The highest BCUT2D eigenvalue weighted by Crippen LogP contribution is 2.15. The normalized spacial score (nSPS) is 12.8. The average molecular weight is 256 g/mol. The van der Waals surface area contributed by atoms with Gasteiger partial charge in [0.1, 0.15) is 0 Å². The quantitative estimate of drug-likeness (QED) is 0.395. The summed E-state index contributed by atoms with van der Waals surface area (Å²) < 4.78 is 0. The van der Waals surface area contributed by atoms with Gasteiger partial charge >= 0.3 is 0 Å². The Morgan fingerprint density at radius 2 is 1.11 bits per heavy atom. The van der Waals surface area contributed by atoms with Crippen LogP contribution in [0.4, 0.5) is 0 Å². The van der Waals surface area contributed by atoms with E-state index >= 15 is 0 Å². The van der Waals surface area contributed by atoms with Crippen LogP contribution in [0, 0.1) is 5.92 Å². The third-order valence-electron chi connectivity index (χ3n) is 3.92. The van der Waals surface area contributed by atoms with Crippen LogP contribution < -0.4 is 0 Å². The van der Waals surface area contributed by atoms with E-state index in [4.69, 9.17) is 5.11 Å². The molecular weight excluding hydrogens is 220 g/mol. The fraction of sp³-hybridized carbons (Fsp3) is 1.00. The molecule has 1 N–H and O–H groups in total. The maximum atomic E-state index is 8.81. The smallest absolute Gasteiger partial charge is 0.0433 e. The molecule has 0 fully saturated rings. The van der Waals surface area contributed by atoms with Crippen LogP contribution in [0.2, 0.25) is 0 Å². The summed E-state index contributed by atoms with van der Waals surface area (Å²) in [6.45, 7) is 4.90. The summed E-state index contributed by atoms with van der Waals surface area (Å²) in [4.78, 5) is 0. The van der Waals surface area contributed by atoms with Gasteiger partial charge in [0.25, 0.3) is 0 Å². The van der Waals surface area contributed by atoms with Crippen molar-refractivity contribution in [2.45, 2.75) is 97.3 Å². The Labute approximate surface area is 115 Å². The van der Waals surface area contributed by atoms with Crippen LogP contribution in [-0.2, 0) is 0 Å². The lowest BCUT2D eigenvalue weighted by molar-refractivity contribution is 0.256. The van der Waals surface area contributed by atoms with Gasteiger partial charge in [0.05, 0.1) is 0 Å². The molecule has 0 amide bonds. The first-order valence-electron chi connectivity index (χ1n) is 8.42. The topological polar surface area (TPSA) is 20.2 Å². The SMILES string of the molecule is CCCCCCCCCCCCC[C@@H](C)CCO. The van der Waals surface area contributed by atoms with Crippen LogP contribution in [0.5, 0.6) is 0 Å². The highest BCUT2D eigenvalue weighted by molar-refractivity contribution is 4.53. The van der Waals surface area contributed by atoms with Crippen molar-refractivity contribution in [1.29, 1.82) is 0 Å². The van der Waals surface area contributed by atoms with Crippen LogP contribution in [0.25, 0.3) is 0 Å². The third kappa shape index (κ3) is 14.0. The molecule has 0 rings (SSSR count).